The fourth-order valence-corrected chi connectivity index (χ4v) is 2.77. The summed E-state index contributed by atoms with van der Waals surface area (Å²) in [6.07, 6.45) is 0. The van der Waals surface area contributed by atoms with Gasteiger partial charge in [-0.05, 0) is 19.1 Å². The third-order valence-electron chi connectivity index (χ3n) is 3.08. The number of carbonyl (C=O) groups is 1. The highest BCUT2D eigenvalue weighted by Gasteiger charge is 2.19. The number of amides is 1. The van der Waals surface area contributed by atoms with Crippen LogP contribution in [0.25, 0.3) is 11.4 Å². The average Bonchev–Trinajstić information content (AvgIpc) is 2.87. The van der Waals surface area contributed by atoms with E-state index in [2.05, 4.69) is 15.5 Å². The number of nitrogens with zero attached hydrogens (tertiary/aromatic N) is 3. The second kappa shape index (κ2) is 6.62. The normalized spacial score (nSPS) is 12.0. The van der Waals surface area contributed by atoms with Gasteiger partial charge in [-0.25, -0.2) is 0 Å². The van der Waals surface area contributed by atoms with Gasteiger partial charge in [-0.3, -0.25) is 4.79 Å². The van der Waals surface area contributed by atoms with Crippen molar-refractivity contribution in [3.8, 4) is 17.1 Å². The summed E-state index contributed by atoms with van der Waals surface area (Å²) in [6.45, 7) is 1.83. The lowest BCUT2D eigenvalue weighted by atomic mass is 10.2. The fraction of sp³-hybridized carbons (Fsp3) is 0.357. The summed E-state index contributed by atoms with van der Waals surface area (Å²) in [5.41, 5.74) is 0.870. The molecule has 7 heteroatoms. The van der Waals surface area contributed by atoms with Gasteiger partial charge in [0.05, 0.1) is 17.9 Å². The number of hydrogen-bond donors (Lipinski definition) is 1. The standard InChI is InChI=1S/C14H18N4O2S/c1-9(13(19)15-2)21-14-17-16-12(18(14)3)10-7-5-6-8-11(10)20-4/h5-9H,1-4H3,(H,15,19)/t9-/m1/s1. The molecule has 0 aliphatic rings. The van der Waals surface area contributed by atoms with Crippen molar-refractivity contribution in [2.45, 2.75) is 17.3 Å². The minimum atomic E-state index is -0.233. The smallest absolute Gasteiger partial charge is 0.233 e. The molecule has 112 valence electrons. The van der Waals surface area contributed by atoms with Crippen LogP contribution in [0.1, 0.15) is 6.92 Å². The van der Waals surface area contributed by atoms with E-state index in [-0.39, 0.29) is 11.2 Å². The third-order valence-corrected chi connectivity index (χ3v) is 4.21. The van der Waals surface area contributed by atoms with E-state index in [4.69, 9.17) is 4.74 Å². The first-order valence-corrected chi connectivity index (χ1v) is 7.37. The van der Waals surface area contributed by atoms with Crippen LogP contribution < -0.4 is 10.1 Å². The molecule has 1 atom stereocenters. The molecule has 2 aromatic rings. The molecule has 0 saturated carbocycles. The Balaban J connectivity index is 2.31. The maximum atomic E-state index is 11.6. The van der Waals surface area contributed by atoms with Gasteiger partial charge in [0.1, 0.15) is 5.75 Å². The first-order valence-electron chi connectivity index (χ1n) is 6.49. The van der Waals surface area contributed by atoms with Crippen LogP contribution in [-0.2, 0) is 11.8 Å². The highest BCUT2D eigenvalue weighted by Crippen LogP contribution is 2.30. The molecule has 21 heavy (non-hydrogen) atoms. The summed E-state index contributed by atoms with van der Waals surface area (Å²) in [6, 6.07) is 7.64. The van der Waals surface area contributed by atoms with Gasteiger partial charge in [0, 0.05) is 14.1 Å². The van der Waals surface area contributed by atoms with Crippen LogP contribution in [-0.4, -0.2) is 40.1 Å². The number of para-hydroxylation sites is 1. The van der Waals surface area contributed by atoms with E-state index in [0.29, 0.717) is 11.0 Å². The van der Waals surface area contributed by atoms with Gasteiger partial charge in [-0.15, -0.1) is 10.2 Å². The first kappa shape index (κ1) is 15.4. The van der Waals surface area contributed by atoms with Crippen LogP contribution in [0, 0.1) is 0 Å². The molecule has 0 bridgehead atoms. The number of thioether (sulfide) groups is 1. The molecule has 2 rings (SSSR count). The van der Waals surface area contributed by atoms with Crippen LogP contribution in [0.5, 0.6) is 5.75 Å². The van der Waals surface area contributed by atoms with Crippen LogP contribution >= 0.6 is 11.8 Å². The highest BCUT2D eigenvalue weighted by molar-refractivity contribution is 8.00. The minimum Gasteiger partial charge on any atom is -0.496 e. The summed E-state index contributed by atoms with van der Waals surface area (Å²) in [5, 5.41) is 11.5. The summed E-state index contributed by atoms with van der Waals surface area (Å²) in [4.78, 5) is 11.6. The average molecular weight is 306 g/mol. The molecular weight excluding hydrogens is 288 g/mol. The lowest BCUT2D eigenvalue weighted by Gasteiger charge is -2.10. The van der Waals surface area contributed by atoms with Crippen molar-refractivity contribution in [3.05, 3.63) is 24.3 Å². The number of methoxy groups -OCH3 is 1. The molecule has 1 N–H and O–H groups in total. The summed E-state index contributed by atoms with van der Waals surface area (Å²) in [7, 11) is 5.12. The van der Waals surface area contributed by atoms with Crippen LogP contribution in [0.15, 0.2) is 29.4 Å². The van der Waals surface area contributed by atoms with Gasteiger partial charge in [0.25, 0.3) is 0 Å². The number of ether oxygens (including phenoxy) is 1. The van der Waals surface area contributed by atoms with Gasteiger partial charge in [-0.2, -0.15) is 0 Å². The Morgan fingerprint density at radius 2 is 2.10 bits per heavy atom. The molecule has 0 aliphatic heterocycles. The Bertz CT molecular complexity index is 642. The van der Waals surface area contributed by atoms with Crippen molar-refractivity contribution in [1.29, 1.82) is 0 Å². The van der Waals surface area contributed by atoms with Gasteiger partial charge in [0.15, 0.2) is 11.0 Å². The second-order valence-corrected chi connectivity index (χ2v) is 5.75. The van der Waals surface area contributed by atoms with Crippen molar-refractivity contribution in [1.82, 2.24) is 20.1 Å². The zero-order valence-electron chi connectivity index (χ0n) is 12.5. The molecule has 0 saturated heterocycles. The van der Waals surface area contributed by atoms with Gasteiger partial charge in [0.2, 0.25) is 5.91 Å². The number of aromatic nitrogens is 3. The van der Waals surface area contributed by atoms with E-state index in [1.807, 2.05) is 42.8 Å². The van der Waals surface area contributed by atoms with E-state index in [1.54, 1.807) is 14.2 Å². The summed E-state index contributed by atoms with van der Waals surface area (Å²) in [5.74, 6) is 1.41. The molecule has 6 nitrogen and oxygen atoms in total. The predicted molar refractivity (Wildman–Crippen MR) is 82.4 cm³/mol. The maximum absolute atomic E-state index is 11.6. The molecule has 1 heterocycles. The Morgan fingerprint density at radius 1 is 1.38 bits per heavy atom. The molecular formula is C14H18N4O2S. The molecule has 0 fully saturated rings. The van der Waals surface area contributed by atoms with Crippen molar-refractivity contribution in [2.24, 2.45) is 7.05 Å². The van der Waals surface area contributed by atoms with Gasteiger partial charge >= 0.3 is 0 Å². The molecule has 0 spiro atoms. The highest BCUT2D eigenvalue weighted by atomic mass is 32.2. The summed E-state index contributed by atoms with van der Waals surface area (Å²) >= 11 is 1.37. The molecule has 1 aromatic heterocycles. The second-order valence-electron chi connectivity index (χ2n) is 4.44. The van der Waals surface area contributed by atoms with E-state index in [1.165, 1.54) is 11.8 Å². The quantitative estimate of drug-likeness (QED) is 0.852. The number of carbonyl (C=O) groups excluding carboxylic acids is 1. The number of hydrogen-bond acceptors (Lipinski definition) is 5. The molecule has 0 aliphatic carbocycles. The van der Waals surface area contributed by atoms with Crippen molar-refractivity contribution < 1.29 is 9.53 Å². The van der Waals surface area contributed by atoms with Gasteiger partial charge < -0.3 is 14.6 Å². The lowest BCUT2D eigenvalue weighted by molar-refractivity contribution is -0.119. The topological polar surface area (TPSA) is 69.0 Å². The van der Waals surface area contributed by atoms with Crippen LogP contribution in [0.2, 0.25) is 0 Å². The minimum absolute atomic E-state index is 0.0400. The fourth-order valence-electron chi connectivity index (χ4n) is 1.90. The SMILES string of the molecule is CNC(=O)[C@@H](C)Sc1nnc(-c2ccccc2OC)n1C. The largest absolute Gasteiger partial charge is 0.496 e. The van der Waals surface area contributed by atoms with E-state index < -0.39 is 0 Å². The molecule has 0 radical (unpaired) electrons. The monoisotopic (exact) mass is 306 g/mol. The van der Waals surface area contributed by atoms with Gasteiger partial charge in [-0.1, -0.05) is 23.9 Å². The van der Waals surface area contributed by atoms with Crippen LogP contribution in [0.3, 0.4) is 0 Å². The first-order chi connectivity index (χ1) is 10.1. The Kier molecular flexibility index (Phi) is 4.85. The lowest BCUT2D eigenvalue weighted by Crippen LogP contribution is -2.27. The van der Waals surface area contributed by atoms with Crippen LogP contribution in [0.4, 0.5) is 0 Å². The Hall–Kier alpha value is -2.02. The maximum Gasteiger partial charge on any atom is 0.233 e. The molecule has 1 aromatic carbocycles. The van der Waals surface area contributed by atoms with Crippen molar-refractivity contribution >= 4 is 17.7 Å². The van der Waals surface area contributed by atoms with E-state index >= 15 is 0 Å². The number of nitrogens with one attached hydrogen (secondary N) is 1. The van der Waals surface area contributed by atoms with Crippen molar-refractivity contribution in [3.63, 3.8) is 0 Å². The predicted octanol–water partition coefficient (Wildman–Crippen LogP) is 1.72. The zero-order valence-corrected chi connectivity index (χ0v) is 13.3. The van der Waals surface area contributed by atoms with E-state index in [9.17, 15) is 4.79 Å². The van der Waals surface area contributed by atoms with E-state index in [0.717, 1.165) is 11.3 Å². The third kappa shape index (κ3) is 3.18. The number of benzene rings is 1. The zero-order chi connectivity index (χ0) is 15.4. The summed E-state index contributed by atoms with van der Waals surface area (Å²) < 4.78 is 7.21. The number of rotatable bonds is 5. The Morgan fingerprint density at radius 3 is 2.76 bits per heavy atom. The molecule has 1 amide bonds. The van der Waals surface area contributed by atoms with Crippen molar-refractivity contribution in [2.75, 3.05) is 14.2 Å². The Labute approximate surface area is 127 Å². The molecule has 0 unspecified atom stereocenters.